The molecule has 3 amide bonds. The number of hydrogen-bond acceptors (Lipinski definition) is 5. The highest BCUT2D eigenvalue weighted by atomic mass is 127. The molecule has 0 bridgehead atoms. The summed E-state index contributed by atoms with van der Waals surface area (Å²) in [4.78, 5) is 56.9. The van der Waals surface area contributed by atoms with Gasteiger partial charge < -0.3 is 31.3 Å². The van der Waals surface area contributed by atoms with Gasteiger partial charge in [-0.15, -0.1) is 0 Å². The summed E-state index contributed by atoms with van der Waals surface area (Å²) in [6.45, 7) is 0.157. The molecule has 11 nitrogen and oxygen atoms in total. The quantitative estimate of drug-likeness (QED) is 0.134. The van der Waals surface area contributed by atoms with Gasteiger partial charge in [-0.1, -0.05) is 12.1 Å². The molecule has 0 heterocycles. The Labute approximate surface area is 204 Å². The second-order valence-corrected chi connectivity index (χ2v) is 8.55. The lowest BCUT2D eigenvalue weighted by Gasteiger charge is -2.16. The van der Waals surface area contributed by atoms with E-state index in [-0.39, 0.29) is 31.7 Å². The van der Waals surface area contributed by atoms with E-state index < -0.39 is 42.4 Å². The van der Waals surface area contributed by atoms with E-state index in [1.54, 1.807) is 0 Å². The summed E-state index contributed by atoms with van der Waals surface area (Å²) in [6, 6.07) is 4.56. The highest BCUT2D eigenvalue weighted by Crippen LogP contribution is 2.09. The molecule has 1 aromatic rings. The van der Waals surface area contributed by atoms with Gasteiger partial charge in [0.1, 0.15) is 12.1 Å². The van der Waals surface area contributed by atoms with E-state index in [0.29, 0.717) is 19.3 Å². The van der Waals surface area contributed by atoms with E-state index >= 15 is 0 Å². The first-order chi connectivity index (χ1) is 15.6. The number of nitrogens with one attached hydrogen (secondary N) is 3. The molecule has 0 fully saturated rings. The fourth-order valence-electron chi connectivity index (χ4n) is 2.84. The lowest BCUT2D eigenvalue weighted by atomic mass is 10.1. The molecule has 0 aliphatic heterocycles. The Morgan fingerprint density at radius 2 is 1.42 bits per heavy atom. The van der Waals surface area contributed by atoms with Crippen LogP contribution in [0.2, 0.25) is 0 Å². The molecule has 0 aliphatic rings. The number of hydrogen-bond donors (Lipinski definition) is 6. The van der Waals surface area contributed by atoms with Gasteiger partial charge >= 0.3 is 23.9 Å². The summed E-state index contributed by atoms with van der Waals surface area (Å²) in [5.74, 6) is -4.02. The van der Waals surface area contributed by atoms with Crippen molar-refractivity contribution in [2.24, 2.45) is 0 Å². The zero-order valence-electron chi connectivity index (χ0n) is 17.9. The Hall–Kier alpha value is -2.90. The first kappa shape index (κ1) is 28.1. The van der Waals surface area contributed by atoms with Crippen molar-refractivity contribution < 1.29 is 39.3 Å². The number of carboxylic acid groups (broad SMARTS) is 3. The number of unbranched alkanes of at least 4 members (excludes halogenated alkanes) is 1. The third-order valence-electron chi connectivity index (χ3n) is 4.64. The average molecular weight is 577 g/mol. The van der Waals surface area contributed by atoms with E-state index in [1.807, 2.05) is 24.3 Å². The molecule has 0 unspecified atom stereocenters. The molecule has 0 aliphatic carbocycles. The minimum Gasteiger partial charge on any atom is -0.481 e. The highest BCUT2D eigenvalue weighted by Gasteiger charge is 2.21. The van der Waals surface area contributed by atoms with Crippen LogP contribution in [0.25, 0.3) is 0 Å². The van der Waals surface area contributed by atoms with E-state index in [9.17, 15) is 29.1 Å². The lowest BCUT2D eigenvalue weighted by molar-refractivity contribution is -0.142. The molecule has 182 valence electrons. The molecular formula is C21H28IN3O8. The monoisotopic (exact) mass is 577 g/mol. The molecule has 0 radical (unpaired) electrons. The van der Waals surface area contributed by atoms with E-state index in [2.05, 4.69) is 38.5 Å². The first-order valence-electron chi connectivity index (χ1n) is 10.3. The lowest BCUT2D eigenvalue weighted by Crippen LogP contribution is -2.46. The Bertz CT molecular complexity index is 831. The number of aryl methyl sites for hydroxylation is 1. The molecular weight excluding hydrogens is 549 g/mol. The second kappa shape index (κ2) is 15.0. The molecule has 6 N–H and O–H groups in total. The number of carboxylic acids is 3. The van der Waals surface area contributed by atoms with Crippen LogP contribution in [0, 0.1) is 3.57 Å². The molecule has 0 spiro atoms. The van der Waals surface area contributed by atoms with Crippen molar-refractivity contribution in [3.63, 3.8) is 0 Å². The summed E-state index contributed by atoms with van der Waals surface area (Å²) in [7, 11) is 0. The van der Waals surface area contributed by atoms with Gasteiger partial charge in [-0.2, -0.15) is 0 Å². The molecule has 2 atom stereocenters. The Balaban J connectivity index is 2.31. The van der Waals surface area contributed by atoms with E-state index in [0.717, 1.165) is 9.13 Å². The smallest absolute Gasteiger partial charge is 0.326 e. The van der Waals surface area contributed by atoms with Gasteiger partial charge in [0, 0.05) is 23.0 Å². The van der Waals surface area contributed by atoms with Gasteiger partial charge in [-0.25, -0.2) is 14.4 Å². The summed E-state index contributed by atoms with van der Waals surface area (Å²) in [5, 5.41) is 34.1. The van der Waals surface area contributed by atoms with Crippen LogP contribution in [0.5, 0.6) is 0 Å². The van der Waals surface area contributed by atoms with Crippen molar-refractivity contribution in [3.05, 3.63) is 33.4 Å². The second-order valence-electron chi connectivity index (χ2n) is 7.30. The number of amides is 3. The number of urea groups is 1. The van der Waals surface area contributed by atoms with Gasteiger partial charge in [-0.3, -0.25) is 9.59 Å². The van der Waals surface area contributed by atoms with Crippen molar-refractivity contribution in [3.8, 4) is 0 Å². The Morgan fingerprint density at radius 3 is 2.00 bits per heavy atom. The van der Waals surface area contributed by atoms with Gasteiger partial charge in [0.2, 0.25) is 5.91 Å². The molecule has 1 aromatic carbocycles. The highest BCUT2D eigenvalue weighted by molar-refractivity contribution is 14.1. The minimum absolute atomic E-state index is 0.157. The topological polar surface area (TPSA) is 182 Å². The van der Waals surface area contributed by atoms with E-state index in [4.69, 9.17) is 10.2 Å². The maximum absolute atomic E-state index is 12.1. The Morgan fingerprint density at radius 1 is 0.818 bits per heavy atom. The van der Waals surface area contributed by atoms with Crippen molar-refractivity contribution in [1.29, 1.82) is 0 Å². The predicted octanol–water partition coefficient (Wildman–Crippen LogP) is 1.58. The zero-order chi connectivity index (χ0) is 24.8. The minimum atomic E-state index is -1.34. The van der Waals surface area contributed by atoms with Crippen LogP contribution in [0.3, 0.4) is 0 Å². The third kappa shape index (κ3) is 12.7. The normalized spacial score (nSPS) is 12.3. The zero-order valence-corrected chi connectivity index (χ0v) is 20.0. The van der Waals surface area contributed by atoms with Gasteiger partial charge in [0.05, 0.1) is 0 Å². The van der Waals surface area contributed by atoms with E-state index in [1.165, 1.54) is 0 Å². The summed E-state index contributed by atoms with van der Waals surface area (Å²) in [6.07, 6.45) is 0.992. The van der Waals surface area contributed by atoms with Gasteiger partial charge in [0.15, 0.2) is 0 Å². The number of carbonyl (C=O) groups excluding carboxylic acids is 2. The first-order valence-corrected chi connectivity index (χ1v) is 11.4. The van der Waals surface area contributed by atoms with Crippen molar-refractivity contribution >= 4 is 52.4 Å². The number of rotatable bonds is 15. The van der Waals surface area contributed by atoms with Crippen LogP contribution in [0.15, 0.2) is 24.3 Å². The largest absolute Gasteiger partial charge is 0.481 e. The molecule has 33 heavy (non-hydrogen) atoms. The average Bonchev–Trinajstić information content (AvgIpc) is 2.74. The maximum Gasteiger partial charge on any atom is 0.326 e. The van der Waals surface area contributed by atoms with Crippen molar-refractivity contribution in [1.82, 2.24) is 16.0 Å². The third-order valence-corrected chi connectivity index (χ3v) is 5.36. The summed E-state index contributed by atoms with van der Waals surface area (Å²) >= 11 is 2.18. The standard InChI is InChI=1S/C21H28IN3O8/c22-14-7-4-13(5-8-14)6-10-17(26)24-15(19(29)30)3-1-2-12-23-21(33)25-16(20(31)32)9-11-18(27)28/h4-5,7-8,15-16H,1-3,6,9-12H2,(H,24,26)(H,27,28)(H,29,30)(H,31,32)(H2,23,25,33)/t15-,16-/m0/s1. The van der Waals surface area contributed by atoms with Crippen LogP contribution in [-0.4, -0.2) is 63.8 Å². The summed E-state index contributed by atoms with van der Waals surface area (Å²) in [5.41, 5.74) is 0.981. The predicted molar refractivity (Wildman–Crippen MR) is 126 cm³/mol. The number of halogens is 1. The van der Waals surface area contributed by atoms with Crippen LogP contribution in [0.4, 0.5) is 4.79 Å². The molecule has 0 aromatic heterocycles. The van der Waals surface area contributed by atoms with Gasteiger partial charge in [0.25, 0.3) is 0 Å². The fourth-order valence-corrected chi connectivity index (χ4v) is 3.20. The van der Waals surface area contributed by atoms with Crippen LogP contribution >= 0.6 is 22.6 Å². The summed E-state index contributed by atoms with van der Waals surface area (Å²) < 4.78 is 1.08. The van der Waals surface area contributed by atoms with Crippen molar-refractivity contribution in [2.75, 3.05) is 6.54 Å². The van der Waals surface area contributed by atoms with Crippen molar-refractivity contribution in [2.45, 2.75) is 57.0 Å². The molecule has 0 saturated carbocycles. The van der Waals surface area contributed by atoms with Gasteiger partial charge in [-0.05, 0) is 72.4 Å². The molecule has 12 heteroatoms. The maximum atomic E-state index is 12.1. The number of carbonyl (C=O) groups is 5. The van der Waals surface area contributed by atoms with Crippen LogP contribution in [0.1, 0.15) is 44.1 Å². The molecule has 1 rings (SSSR count). The number of aliphatic carboxylic acids is 3. The SMILES string of the molecule is O=C(O)CC[C@H](NC(=O)NCCCC[C@H](NC(=O)CCc1ccc(I)cc1)C(=O)O)C(=O)O. The van der Waals surface area contributed by atoms with Crippen LogP contribution < -0.4 is 16.0 Å². The fraction of sp³-hybridized carbons (Fsp3) is 0.476. The molecule has 0 saturated heterocycles. The Kier molecular flexibility index (Phi) is 12.8. The number of benzene rings is 1. The van der Waals surface area contributed by atoms with Crippen LogP contribution in [-0.2, 0) is 25.6 Å².